The van der Waals surface area contributed by atoms with E-state index in [1.807, 2.05) is 19.1 Å². The van der Waals surface area contributed by atoms with Gasteiger partial charge < -0.3 is 15.2 Å². The molecule has 1 saturated carbocycles. The number of aromatic nitrogens is 1. The number of benzene rings is 2. The number of halogens is 2. The Kier molecular flexibility index (Phi) is 8.89. The third-order valence-corrected chi connectivity index (χ3v) is 8.12. The Morgan fingerprint density at radius 3 is 2.65 bits per heavy atom. The minimum absolute atomic E-state index is 0.0135. The first-order valence-electron chi connectivity index (χ1n) is 14.2. The molecule has 1 aliphatic carbocycles. The van der Waals surface area contributed by atoms with Gasteiger partial charge in [-0.15, -0.1) is 0 Å². The zero-order chi connectivity index (χ0) is 28.1. The SMILES string of the molecule is Cc1cccc(CCNC(=O)[C@H]2CN(C3CCCCC3)CC[C@@H]2NC(=O)c2cc(-c3ccc(F)cc3F)on2)c1. The van der Waals surface area contributed by atoms with Crippen molar-refractivity contribution in [2.45, 2.75) is 64.0 Å². The summed E-state index contributed by atoms with van der Waals surface area (Å²) in [6, 6.07) is 12.8. The lowest BCUT2D eigenvalue weighted by Gasteiger charge is -2.43. The molecule has 0 bridgehead atoms. The van der Waals surface area contributed by atoms with Crippen LogP contribution in [0.4, 0.5) is 8.78 Å². The van der Waals surface area contributed by atoms with Gasteiger partial charge >= 0.3 is 0 Å². The molecule has 2 aromatic carbocycles. The number of hydrogen-bond donors (Lipinski definition) is 2. The molecule has 0 radical (unpaired) electrons. The molecule has 5 rings (SSSR count). The van der Waals surface area contributed by atoms with E-state index in [0.717, 1.165) is 43.5 Å². The van der Waals surface area contributed by atoms with E-state index in [1.54, 1.807) is 0 Å². The minimum atomic E-state index is -0.805. The van der Waals surface area contributed by atoms with E-state index in [0.29, 0.717) is 25.6 Å². The molecule has 1 aromatic heterocycles. The van der Waals surface area contributed by atoms with E-state index >= 15 is 0 Å². The van der Waals surface area contributed by atoms with E-state index in [4.69, 9.17) is 4.52 Å². The monoisotopic (exact) mass is 550 g/mol. The van der Waals surface area contributed by atoms with Crippen LogP contribution in [0.3, 0.4) is 0 Å². The van der Waals surface area contributed by atoms with Crippen molar-refractivity contribution in [2.24, 2.45) is 5.92 Å². The number of nitrogens with zero attached hydrogens (tertiary/aromatic N) is 2. The molecule has 0 spiro atoms. The molecule has 40 heavy (non-hydrogen) atoms. The number of piperidine rings is 1. The van der Waals surface area contributed by atoms with Gasteiger partial charge in [0.2, 0.25) is 5.91 Å². The highest BCUT2D eigenvalue weighted by Gasteiger charge is 2.38. The zero-order valence-corrected chi connectivity index (χ0v) is 22.8. The topological polar surface area (TPSA) is 87.5 Å². The zero-order valence-electron chi connectivity index (χ0n) is 22.8. The van der Waals surface area contributed by atoms with Crippen LogP contribution in [-0.4, -0.2) is 53.6 Å². The average molecular weight is 551 g/mol. The van der Waals surface area contributed by atoms with Crippen LogP contribution in [0.2, 0.25) is 0 Å². The van der Waals surface area contributed by atoms with Crippen LogP contribution in [0.1, 0.15) is 60.1 Å². The Morgan fingerprint density at radius 2 is 1.88 bits per heavy atom. The summed E-state index contributed by atoms with van der Waals surface area (Å²) >= 11 is 0. The van der Waals surface area contributed by atoms with Crippen LogP contribution in [0.15, 0.2) is 53.1 Å². The van der Waals surface area contributed by atoms with Crippen molar-refractivity contribution < 1.29 is 22.9 Å². The molecule has 0 unspecified atom stereocenters. The van der Waals surface area contributed by atoms with Gasteiger partial charge in [0.1, 0.15) is 11.6 Å². The second-order valence-electron chi connectivity index (χ2n) is 11.0. The van der Waals surface area contributed by atoms with E-state index in [1.165, 1.54) is 37.0 Å². The van der Waals surface area contributed by atoms with Gasteiger partial charge in [-0.3, -0.25) is 14.5 Å². The number of likely N-dealkylation sites (tertiary alicyclic amines) is 1. The van der Waals surface area contributed by atoms with E-state index in [2.05, 4.69) is 32.8 Å². The molecule has 2 heterocycles. The standard InChI is InChI=1S/C31H36F2N4O3/c1-20-6-5-7-21(16-20)12-14-34-30(38)25-19-37(23-8-3-2-4-9-23)15-13-27(25)35-31(39)28-18-29(40-36-28)24-11-10-22(32)17-26(24)33/h5-7,10-11,16-18,23,25,27H,2-4,8-9,12-15,19H2,1H3,(H,34,38)(H,35,39)/t25-,27-/m0/s1. The number of carbonyl (C=O) groups is 2. The summed E-state index contributed by atoms with van der Waals surface area (Å²) < 4.78 is 32.7. The van der Waals surface area contributed by atoms with Gasteiger partial charge in [0.15, 0.2) is 11.5 Å². The average Bonchev–Trinajstić information content (AvgIpc) is 3.44. The van der Waals surface area contributed by atoms with Crippen LogP contribution in [0, 0.1) is 24.5 Å². The highest BCUT2D eigenvalue weighted by atomic mass is 19.1. The maximum absolute atomic E-state index is 14.2. The molecule has 3 aromatic rings. The predicted molar refractivity (Wildman–Crippen MR) is 148 cm³/mol. The molecule has 2 fully saturated rings. The molecule has 2 amide bonds. The fourth-order valence-electron chi connectivity index (χ4n) is 5.96. The Balaban J connectivity index is 1.26. The lowest BCUT2D eigenvalue weighted by atomic mass is 9.87. The van der Waals surface area contributed by atoms with Gasteiger partial charge in [0.05, 0.1) is 11.5 Å². The van der Waals surface area contributed by atoms with Gasteiger partial charge in [0.25, 0.3) is 5.91 Å². The fraction of sp³-hybridized carbons (Fsp3) is 0.452. The fourth-order valence-corrected chi connectivity index (χ4v) is 5.96. The molecule has 9 heteroatoms. The Morgan fingerprint density at radius 1 is 1.05 bits per heavy atom. The Hall–Kier alpha value is -3.59. The maximum Gasteiger partial charge on any atom is 0.273 e. The number of aryl methyl sites for hydroxylation is 1. The lowest BCUT2D eigenvalue weighted by molar-refractivity contribution is -0.128. The van der Waals surface area contributed by atoms with Crippen LogP contribution < -0.4 is 10.6 Å². The van der Waals surface area contributed by atoms with E-state index in [-0.39, 0.29) is 29.0 Å². The summed E-state index contributed by atoms with van der Waals surface area (Å²) in [4.78, 5) is 29.0. The van der Waals surface area contributed by atoms with Crippen LogP contribution in [0.5, 0.6) is 0 Å². The number of rotatable bonds is 8. The van der Waals surface area contributed by atoms with E-state index < -0.39 is 23.5 Å². The van der Waals surface area contributed by atoms with Crippen LogP contribution in [-0.2, 0) is 11.2 Å². The summed E-state index contributed by atoms with van der Waals surface area (Å²) in [5, 5.41) is 9.90. The van der Waals surface area contributed by atoms with Gasteiger partial charge in [-0.25, -0.2) is 8.78 Å². The Labute approximate surface area is 233 Å². The second kappa shape index (κ2) is 12.7. The summed E-state index contributed by atoms with van der Waals surface area (Å²) in [5.41, 5.74) is 2.34. The lowest BCUT2D eigenvalue weighted by Crippen LogP contribution is -2.58. The highest BCUT2D eigenvalue weighted by Crippen LogP contribution is 2.28. The maximum atomic E-state index is 14.2. The second-order valence-corrected chi connectivity index (χ2v) is 11.0. The van der Waals surface area contributed by atoms with Crippen molar-refractivity contribution in [2.75, 3.05) is 19.6 Å². The summed E-state index contributed by atoms with van der Waals surface area (Å²) in [6.45, 7) is 3.94. The van der Waals surface area contributed by atoms with Gasteiger partial charge in [-0.05, 0) is 50.3 Å². The summed E-state index contributed by atoms with van der Waals surface area (Å²) in [5.74, 6) is -2.47. The van der Waals surface area contributed by atoms with Crippen molar-refractivity contribution in [1.29, 1.82) is 0 Å². The minimum Gasteiger partial charge on any atom is -0.355 e. The Bertz CT molecular complexity index is 1340. The molecule has 1 aliphatic heterocycles. The molecular formula is C31H36F2N4O3. The number of nitrogens with one attached hydrogen (secondary N) is 2. The van der Waals surface area contributed by atoms with Crippen LogP contribution >= 0.6 is 0 Å². The van der Waals surface area contributed by atoms with E-state index in [9.17, 15) is 18.4 Å². The summed E-state index contributed by atoms with van der Waals surface area (Å²) in [7, 11) is 0. The molecular weight excluding hydrogens is 514 g/mol. The first kappa shape index (κ1) is 28.0. The third-order valence-electron chi connectivity index (χ3n) is 8.12. The van der Waals surface area contributed by atoms with Crippen molar-refractivity contribution in [3.8, 4) is 11.3 Å². The number of carbonyl (C=O) groups excluding carboxylic acids is 2. The van der Waals surface area contributed by atoms with Crippen molar-refractivity contribution in [1.82, 2.24) is 20.7 Å². The first-order chi connectivity index (χ1) is 19.4. The summed E-state index contributed by atoms with van der Waals surface area (Å²) in [6.07, 6.45) is 7.31. The van der Waals surface area contributed by atoms with Crippen molar-refractivity contribution in [3.63, 3.8) is 0 Å². The quantitative estimate of drug-likeness (QED) is 0.410. The van der Waals surface area contributed by atoms with Crippen molar-refractivity contribution in [3.05, 3.63) is 77.0 Å². The number of amides is 2. The van der Waals surface area contributed by atoms with Gasteiger partial charge in [-0.2, -0.15) is 0 Å². The van der Waals surface area contributed by atoms with Crippen LogP contribution in [0.25, 0.3) is 11.3 Å². The first-order valence-corrected chi connectivity index (χ1v) is 14.2. The largest absolute Gasteiger partial charge is 0.355 e. The molecule has 7 nitrogen and oxygen atoms in total. The third kappa shape index (κ3) is 6.75. The molecule has 2 N–H and O–H groups in total. The van der Waals surface area contributed by atoms with Gasteiger partial charge in [0, 0.05) is 43.9 Å². The molecule has 212 valence electrons. The molecule has 2 atom stereocenters. The van der Waals surface area contributed by atoms with Crippen molar-refractivity contribution >= 4 is 11.8 Å². The molecule has 2 aliphatic rings. The smallest absolute Gasteiger partial charge is 0.273 e. The normalized spacial score (nSPS) is 20.3. The van der Waals surface area contributed by atoms with Gasteiger partial charge in [-0.1, -0.05) is 54.2 Å². The molecule has 1 saturated heterocycles. The number of hydrogen-bond acceptors (Lipinski definition) is 5. The predicted octanol–water partition coefficient (Wildman–Crippen LogP) is 5.04. The highest BCUT2D eigenvalue weighted by molar-refractivity contribution is 5.94.